The Labute approximate surface area is 113 Å². The van der Waals surface area contributed by atoms with Gasteiger partial charge in [-0.25, -0.2) is 0 Å². The Hall–Kier alpha value is -2.35. The molecule has 0 heterocycles. The molecule has 0 fully saturated rings. The molecule has 0 aliphatic rings. The van der Waals surface area contributed by atoms with Crippen molar-refractivity contribution in [2.75, 3.05) is 7.11 Å². The first-order valence-electron chi connectivity index (χ1n) is 6.11. The quantitative estimate of drug-likeness (QED) is 0.775. The first-order valence-corrected chi connectivity index (χ1v) is 6.11. The Bertz CT molecular complexity index is 565. The van der Waals surface area contributed by atoms with Crippen LogP contribution < -0.4 is 0 Å². The topological polar surface area (TPSA) is 26.3 Å². The van der Waals surface area contributed by atoms with Crippen molar-refractivity contribution in [1.29, 1.82) is 0 Å². The van der Waals surface area contributed by atoms with Crippen LogP contribution in [0.2, 0.25) is 0 Å². The van der Waals surface area contributed by atoms with Crippen molar-refractivity contribution in [3.8, 4) is 11.1 Å². The van der Waals surface area contributed by atoms with Crippen LogP contribution in [0.3, 0.4) is 0 Å². The summed E-state index contributed by atoms with van der Waals surface area (Å²) in [6.07, 6.45) is 2.13. The molecular weight excluding hydrogens is 236 g/mol. The largest absolute Gasteiger partial charge is 0.469 e. The van der Waals surface area contributed by atoms with E-state index >= 15 is 0 Å². The lowest BCUT2D eigenvalue weighted by Gasteiger charge is -2.04. The lowest BCUT2D eigenvalue weighted by atomic mass is 10.0. The van der Waals surface area contributed by atoms with Crippen molar-refractivity contribution in [3.63, 3.8) is 0 Å². The van der Waals surface area contributed by atoms with Crippen LogP contribution in [0.4, 0.5) is 0 Å². The SMILES string of the molecule is C=Cc1ccc(-c2ccc(CC(=O)OC)cc2)cc1. The van der Waals surface area contributed by atoms with E-state index < -0.39 is 0 Å². The fraction of sp³-hybridized carbons (Fsp3) is 0.118. The van der Waals surface area contributed by atoms with E-state index in [-0.39, 0.29) is 5.97 Å². The fourth-order valence-electron chi connectivity index (χ4n) is 1.87. The van der Waals surface area contributed by atoms with Gasteiger partial charge in [-0.1, -0.05) is 61.2 Å². The third-order valence-electron chi connectivity index (χ3n) is 3.01. The van der Waals surface area contributed by atoms with Gasteiger partial charge in [0, 0.05) is 0 Å². The predicted octanol–water partition coefficient (Wildman–Crippen LogP) is 3.71. The summed E-state index contributed by atoms with van der Waals surface area (Å²) in [5.41, 5.74) is 4.34. The lowest BCUT2D eigenvalue weighted by molar-refractivity contribution is -0.139. The van der Waals surface area contributed by atoms with E-state index in [0.717, 1.165) is 22.3 Å². The van der Waals surface area contributed by atoms with Crippen LogP contribution in [0.15, 0.2) is 55.1 Å². The van der Waals surface area contributed by atoms with Gasteiger partial charge in [0.1, 0.15) is 0 Å². The normalized spacial score (nSPS) is 9.95. The highest BCUT2D eigenvalue weighted by Crippen LogP contribution is 2.20. The minimum absolute atomic E-state index is 0.219. The van der Waals surface area contributed by atoms with E-state index in [9.17, 15) is 4.79 Å². The monoisotopic (exact) mass is 252 g/mol. The molecule has 96 valence electrons. The smallest absolute Gasteiger partial charge is 0.309 e. The molecule has 2 rings (SSSR count). The lowest BCUT2D eigenvalue weighted by Crippen LogP contribution is -2.04. The standard InChI is InChI=1S/C17H16O2/c1-3-13-4-8-15(9-5-13)16-10-6-14(7-11-16)12-17(18)19-2/h3-11H,1,12H2,2H3. The van der Waals surface area contributed by atoms with Crippen molar-refractivity contribution in [2.45, 2.75) is 6.42 Å². The Morgan fingerprint density at radius 2 is 1.58 bits per heavy atom. The molecule has 2 nitrogen and oxygen atoms in total. The number of esters is 1. The maximum atomic E-state index is 11.2. The van der Waals surface area contributed by atoms with Crippen molar-refractivity contribution < 1.29 is 9.53 Å². The molecule has 0 aliphatic carbocycles. The molecule has 0 amide bonds. The molecule has 0 bridgehead atoms. The van der Waals surface area contributed by atoms with Crippen LogP contribution in [0.1, 0.15) is 11.1 Å². The number of hydrogen-bond acceptors (Lipinski definition) is 2. The van der Waals surface area contributed by atoms with Crippen LogP contribution in [-0.2, 0) is 16.0 Å². The molecule has 2 aromatic carbocycles. The van der Waals surface area contributed by atoms with E-state index in [2.05, 4.69) is 23.4 Å². The number of methoxy groups -OCH3 is 1. The van der Waals surface area contributed by atoms with Crippen molar-refractivity contribution in [3.05, 3.63) is 66.2 Å². The highest BCUT2D eigenvalue weighted by molar-refractivity contribution is 5.73. The summed E-state index contributed by atoms with van der Waals surface area (Å²) in [5, 5.41) is 0. The minimum atomic E-state index is -0.219. The number of benzene rings is 2. The van der Waals surface area contributed by atoms with Gasteiger partial charge in [0.15, 0.2) is 0 Å². The number of hydrogen-bond donors (Lipinski definition) is 0. The molecule has 0 spiro atoms. The van der Waals surface area contributed by atoms with Gasteiger partial charge in [-0.2, -0.15) is 0 Å². The van der Waals surface area contributed by atoms with Gasteiger partial charge >= 0.3 is 5.97 Å². The van der Waals surface area contributed by atoms with Crippen molar-refractivity contribution in [2.24, 2.45) is 0 Å². The second-order valence-corrected chi connectivity index (χ2v) is 4.28. The Kier molecular flexibility index (Phi) is 4.14. The molecule has 0 N–H and O–H groups in total. The van der Waals surface area contributed by atoms with Gasteiger partial charge in [0.25, 0.3) is 0 Å². The molecule has 19 heavy (non-hydrogen) atoms. The second-order valence-electron chi connectivity index (χ2n) is 4.28. The first kappa shape index (κ1) is 13.1. The molecule has 0 aromatic heterocycles. The van der Waals surface area contributed by atoms with Gasteiger partial charge in [-0.15, -0.1) is 0 Å². The van der Waals surface area contributed by atoms with Crippen LogP contribution in [0.5, 0.6) is 0 Å². The number of carbonyl (C=O) groups is 1. The Balaban J connectivity index is 2.17. The number of carbonyl (C=O) groups excluding carboxylic acids is 1. The maximum absolute atomic E-state index is 11.2. The van der Waals surface area contributed by atoms with E-state index in [0.29, 0.717) is 6.42 Å². The zero-order valence-electron chi connectivity index (χ0n) is 10.9. The summed E-state index contributed by atoms with van der Waals surface area (Å²) in [6.45, 7) is 3.74. The zero-order chi connectivity index (χ0) is 13.7. The Morgan fingerprint density at radius 3 is 2.05 bits per heavy atom. The van der Waals surface area contributed by atoms with E-state index in [4.69, 9.17) is 0 Å². The number of ether oxygens (including phenoxy) is 1. The summed E-state index contributed by atoms with van der Waals surface area (Å²) in [7, 11) is 1.40. The summed E-state index contributed by atoms with van der Waals surface area (Å²) < 4.78 is 4.65. The minimum Gasteiger partial charge on any atom is -0.469 e. The molecule has 2 heteroatoms. The van der Waals surface area contributed by atoms with Gasteiger partial charge in [-0.3, -0.25) is 4.79 Å². The predicted molar refractivity (Wildman–Crippen MR) is 77.7 cm³/mol. The van der Waals surface area contributed by atoms with Crippen LogP contribution in [0.25, 0.3) is 17.2 Å². The van der Waals surface area contributed by atoms with Gasteiger partial charge in [0.05, 0.1) is 13.5 Å². The highest BCUT2D eigenvalue weighted by atomic mass is 16.5. The molecule has 0 saturated heterocycles. The molecule has 0 unspecified atom stereocenters. The van der Waals surface area contributed by atoms with E-state index in [1.54, 1.807) is 0 Å². The van der Waals surface area contributed by atoms with Crippen molar-refractivity contribution in [1.82, 2.24) is 0 Å². The molecule has 0 atom stereocenters. The number of rotatable bonds is 4. The first-order chi connectivity index (χ1) is 9.22. The summed E-state index contributed by atoms with van der Waals surface area (Å²) in [6, 6.07) is 16.1. The van der Waals surface area contributed by atoms with Gasteiger partial charge in [0.2, 0.25) is 0 Å². The fourth-order valence-corrected chi connectivity index (χ4v) is 1.87. The van der Waals surface area contributed by atoms with Gasteiger partial charge in [-0.05, 0) is 22.3 Å². The van der Waals surface area contributed by atoms with Crippen molar-refractivity contribution >= 4 is 12.0 Å². The zero-order valence-corrected chi connectivity index (χ0v) is 10.9. The average Bonchev–Trinajstić information content (AvgIpc) is 2.48. The van der Waals surface area contributed by atoms with Crippen LogP contribution in [0, 0.1) is 0 Å². The third-order valence-corrected chi connectivity index (χ3v) is 3.01. The Morgan fingerprint density at radius 1 is 1.05 bits per heavy atom. The molecule has 2 aromatic rings. The molecule has 0 aliphatic heterocycles. The summed E-state index contributed by atoms with van der Waals surface area (Å²) >= 11 is 0. The van der Waals surface area contributed by atoms with E-state index in [1.165, 1.54) is 7.11 Å². The molecular formula is C17H16O2. The average molecular weight is 252 g/mol. The van der Waals surface area contributed by atoms with Crippen LogP contribution >= 0.6 is 0 Å². The third kappa shape index (κ3) is 3.32. The summed E-state index contributed by atoms with van der Waals surface area (Å²) in [5.74, 6) is -0.219. The summed E-state index contributed by atoms with van der Waals surface area (Å²) in [4.78, 5) is 11.2. The van der Waals surface area contributed by atoms with E-state index in [1.807, 2.05) is 42.5 Å². The van der Waals surface area contributed by atoms with Gasteiger partial charge < -0.3 is 4.74 Å². The van der Waals surface area contributed by atoms with Crippen LogP contribution in [-0.4, -0.2) is 13.1 Å². The highest BCUT2D eigenvalue weighted by Gasteiger charge is 2.03. The second kappa shape index (κ2) is 6.01. The molecule has 0 saturated carbocycles. The molecule has 0 radical (unpaired) electrons. The maximum Gasteiger partial charge on any atom is 0.309 e.